The lowest BCUT2D eigenvalue weighted by Gasteiger charge is -2.26. The third-order valence-corrected chi connectivity index (χ3v) is 5.94. The van der Waals surface area contributed by atoms with E-state index in [-0.39, 0.29) is 30.3 Å². The maximum Gasteiger partial charge on any atom is 0.324 e. The number of hydrogen-bond acceptors (Lipinski definition) is 3. The third kappa shape index (κ3) is 4.53. The van der Waals surface area contributed by atoms with Gasteiger partial charge >= 0.3 is 6.03 Å². The molecule has 4 amide bonds. The molecule has 0 bridgehead atoms. The van der Waals surface area contributed by atoms with Crippen LogP contribution in [0.4, 0.5) is 4.79 Å². The van der Waals surface area contributed by atoms with Gasteiger partial charge in [0.05, 0.1) is 6.04 Å². The van der Waals surface area contributed by atoms with E-state index in [1.54, 1.807) is 0 Å². The fourth-order valence-corrected chi connectivity index (χ4v) is 4.32. The van der Waals surface area contributed by atoms with Gasteiger partial charge < -0.3 is 10.6 Å². The predicted octanol–water partition coefficient (Wildman–Crippen LogP) is 3.12. The van der Waals surface area contributed by atoms with Gasteiger partial charge in [-0.15, -0.1) is 0 Å². The molecule has 0 unspecified atom stereocenters. The fraction of sp³-hybridized carbons (Fsp3) is 0.375. The molecule has 2 aliphatic rings. The fourth-order valence-electron chi connectivity index (χ4n) is 4.32. The summed E-state index contributed by atoms with van der Waals surface area (Å²) in [4.78, 5) is 38.6. The van der Waals surface area contributed by atoms with E-state index in [0.29, 0.717) is 19.4 Å². The van der Waals surface area contributed by atoms with Crippen LogP contribution in [0.3, 0.4) is 0 Å². The largest absolute Gasteiger partial charge is 0.349 e. The standard InChI is InChI=1S/C24H27N3O3/c28-22(25-20-12-6-10-18-9-4-5-11-19(18)20)14-13-21-23(29)27(24(30)26-21)16-15-17-7-2-1-3-8-17/h1-5,7-9,11,20-21H,6,10,12-16H2,(H,25,28)(H,26,30)/t20-,21+/m1/s1. The number of hydrogen-bond donors (Lipinski definition) is 2. The number of carbonyl (C=O) groups excluding carboxylic acids is 3. The highest BCUT2D eigenvalue weighted by Gasteiger charge is 2.37. The molecule has 2 N–H and O–H groups in total. The molecule has 156 valence electrons. The van der Waals surface area contributed by atoms with Crippen LogP contribution in [0.25, 0.3) is 0 Å². The predicted molar refractivity (Wildman–Crippen MR) is 114 cm³/mol. The molecule has 0 aromatic heterocycles. The summed E-state index contributed by atoms with van der Waals surface area (Å²) in [5.41, 5.74) is 3.56. The van der Waals surface area contributed by atoms with Gasteiger partial charge in [0.25, 0.3) is 5.91 Å². The molecule has 2 aromatic carbocycles. The minimum Gasteiger partial charge on any atom is -0.349 e. The van der Waals surface area contributed by atoms with E-state index in [0.717, 1.165) is 24.8 Å². The van der Waals surface area contributed by atoms with Gasteiger partial charge in [0.2, 0.25) is 5.91 Å². The van der Waals surface area contributed by atoms with Crippen molar-refractivity contribution >= 4 is 17.8 Å². The number of imide groups is 1. The van der Waals surface area contributed by atoms with E-state index in [1.807, 2.05) is 42.5 Å². The van der Waals surface area contributed by atoms with Crippen molar-refractivity contribution < 1.29 is 14.4 Å². The summed E-state index contributed by atoms with van der Waals surface area (Å²) in [6.07, 6.45) is 4.16. The van der Waals surface area contributed by atoms with Crippen LogP contribution in [0.5, 0.6) is 0 Å². The van der Waals surface area contributed by atoms with Crippen molar-refractivity contribution in [3.8, 4) is 0 Å². The number of urea groups is 1. The Morgan fingerprint density at radius 2 is 1.83 bits per heavy atom. The third-order valence-electron chi connectivity index (χ3n) is 5.94. The number of nitrogens with zero attached hydrogens (tertiary/aromatic N) is 1. The molecular formula is C24H27N3O3. The first-order chi connectivity index (χ1) is 14.6. The minimum atomic E-state index is -0.627. The Morgan fingerprint density at radius 3 is 2.67 bits per heavy atom. The Balaban J connectivity index is 1.27. The van der Waals surface area contributed by atoms with Crippen molar-refractivity contribution in [1.82, 2.24) is 15.5 Å². The second-order valence-corrected chi connectivity index (χ2v) is 7.98. The lowest BCUT2D eigenvalue weighted by Crippen LogP contribution is -2.35. The van der Waals surface area contributed by atoms with E-state index in [2.05, 4.69) is 22.8 Å². The molecule has 1 fully saturated rings. The van der Waals surface area contributed by atoms with Gasteiger partial charge in [-0.1, -0.05) is 54.6 Å². The van der Waals surface area contributed by atoms with Gasteiger partial charge in [-0.05, 0) is 48.8 Å². The molecule has 1 aliphatic heterocycles. The minimum absolute atomic E-state index is 0.0266. The smallest absolute Gasteiger partial charge is 0.324 e. The number of carbonyl (C=O) groups is 3. The van der Waals surface area contributed by atoms with Crippen molar-refractivity contribution in [2.75, 3.05) is 6.54 Å². The Hall–Kier alpha value is -3.15. The maximum absolute atomic E-state index is 12.6. The van der Waals surface area contributed by atoms with E-state index in [1.165, 1.54) is 16.0 Å². The van der Waals surface area contributed by atoms with Crippen LogP contribution in [-0.2, 0) is 22.4 Å². The number of fused-ring (bicyclic) bond motifs is 1. The van der Waals surface area contributed by atoms with Crippen molar-refractivity contribution in [2.24, 2.45) is 0 Å². The number of amides is 4. The number of benzene rings is 2. The Bertz CT molecular complexity index is 928. The molecule has 1 heterocycles. The average molecular weight is 405 g/mol. The summed E-state index contributed by atoms with van der Waals surface area (Å²) in [7, 11) is 0. The highest BCUT2D eigenvalue weighted by molar-refractivity contribution is 6.04. The Kier molecular flexibility index (Phi) is 6.12. The lowest BCUT2D eigenvalue weighted by atomic mass is 9.87. The van der Waals surface area contributed by atoms with Crippen LogP contribution in [0.2, 0.25) is 0 Å². The van der Waals surface area contributed by atoms with E-state index in [9.17, 15) is 14.4 Å². The summed E-state index contributed by atoms with van der Waals surface area (Å²) >= 11 is 0. The van der Waals surface area contributed by atoms with Gasteiger partial charge in [0.1, 0.15) is 6.04 Å². The summed E-state index contributed by atoms with van der Waals surface area (Å²) in [6, 6.07) is 17.0. The summed E-state index contributed by atoms with van der Waals surface area (Å²) < 4.78 is 0. The number of aryl methyl sites for hydroxylation is 1. The van der Waals surface area contributed by atoms with Gasteiger partial charge in [0.15, 0.2) is 0 Å². The van der Waals surface area contributed by atoms with Crippen LogP contribution in [0.15, 0.2) is 54.6 Å². The quantitative estimate of drug-likeness (QED) is 0.695. The zero-order valence-corrected chi connectivity index (χ0v) is 17.0. The van der Waals surface area contributed by atoms with Gasteiger partial charge in [-0.25, -0.2) is 4.79 Å². The van der Waals surface area contributed by atoms with E-state index < -0.39 is 6.04 Å². The number of rotatable bonds is 7. The molecule has 30 heavy (non-hydrogen) atoms. The first-order valence-electron chi connectivity index (χ1n) is 10.6. The molecule has 6 heteroatoms. The van der Waals surface area contributed by atoms with Gasteiger partial charge in [0, 0.05) is 13.0 Å². The molecular weight excluding hydrogens is 378 g/mol. The first-order valence-corrected chi connectivity index (χ1v) is 10.6. The van der Waals surface area contributed by atoms with Crippen LogP contribution >= 0.6 is 0 Å². The van der Waals surface area contributed by atoms with Crippen LogP contribution < -0.4 is 10.6 Å². The zero-order valence-electron chi connectivity index (χ0n) is 17.0. The van der Waals surface area contributed by atoms with Crippen LogP contribution in [-0.4, -0.2) is 35.3 Å². The summed E-state index contributed by atoms with van der Waals surface area (Å²) in [5.74, 6) is -0.326. The highest BCUT2D eigenvalue weighted by Crippen LogP contribution is 2.29. The molecule has 2 aromatic rings. The Morgan fingerprint density at radius 1 is 1.07 bits per heavy atom. The average Bonchev–Trinajstić information content (AvgIpc) is 3.04. The highest BCUT2D eigenvalue weighted by atomic mass is 16.2. The second kappa shape index (κ2) is 9.11. The van der Waals surface area contributed by atoms with E-state index >= 15 is 0 Å². The van der Waals surface area contributed by atoms with Crippen molar-refractivity contribution in [1.29, 1.82) is 0 Å². The molecule has 0 spiro atoms. The zero-order chi connectivity index (χ0) is 20.9. The van der Waals surface area contributed by atoms with Gasteiger partial charge in [-0.2, -0.15) is 0 Å². The lowest BCUT2D eigenvalue weighted by molar-refractivity contribution is -0.127. The Labute approximate surface area is 176 Å². The maximum atomic E-state index is 12.6. The monoisotopic (exact) mass is 405 g/mol. The summed E-state index contributed by atoms with van der Waals surface area (Å²) in [5, 5.41) is 5.83. The topological polar surface area (TPSA) is 78.5 Å². The summed E-state index contributed by atoms with van der Waals surface area (Å²) in [6.45, 7) is 0.343. The van der Waals surface area contributed by atoms with Crippen LogP contribution in [0.1, 0.15) is 48.4 Å². The normalized spacial score (nSPS) is 20.6. The molecule has 0 saturated carbocycles. The van der Waals surface area contributed by atoms with E-state index in [4.69, 9.17) is 0 Å². The molecule has 1 aliphatic carbocycles. The number of nitrogens with one attached hydrogen (secondary N) is 2. The molecule has 2 atom stereocenters. The first kappa shape index (κ1) is 20.1. The van der Waals surface area contributed by atoms with Crippen molar-refractivity contribution in [3.05, 3.63) is 71.3 Å². The SMILES string of the molecule is O=C(CC[C@@H]1NC(=O)N(CCc2ccccc2)C1=O)N[C@@H]1CCCc2ccccc21. The molecule has 1 saturated heterocycles. The van der Waals surface area contributed by atoms with Gasteiger partial charge in [-0.3, -0.25) is 14.5 Å². The van der Waals surface area contributed by atoms with Crippen LogP contribution in [0, 0.1) is 0 Å². The molecule has 4 rings (SSSR count). The van der Waals surface area contributed by atoms with Crippen molar-refractivity contribution in [2.45, 2.75) is 50.6 Å². The molecule has 0 radical (unpaired) electrons. The van der Waals surface area contributed by atoms with Crippen molar-refractivity contribution in [3.63, 3.8) is 0 Å². The molecule has 6 nitrogen and oxygen atoms in total. The second-order valence-electron chi connectivity index (χ2n) is 7.98.